The van der Waals surface area contributed by atoms with E-state index >= 15 is 0 Å². The molecule has 0 fully saturated rings. The quantitative estimate of drug-likeness (QED) is 0.0840. The number of non-ortho nitro benzene ring substituents is 2. The average molecular weight is 549 g/mol. The van der Waals surface area contributed by atoms with Gasteiger partial charge in [0.2, 0.25) is 0 Å². The molecule has 0 radical (unpaired) electrons. The third-order valence-corrected chi connectivity index (χ3v) is 6.34. The van der Waals surface area contributed by atoms with Crippen LogP contribution in [0, 0.1) is 20.2 Å². The zero-order chi connectivity index (χ0) is 28.7. The van der Waals surface area contributed by atoms with Crippen LogP contribution in [-0.4, -0.2) is 35.0 Å². The Bertz CT molecular complexity index is 1170. The van der Waals surface area contributed by atoms with E-state index in [-0.39, 0.29) is 11.4 Å². The number of hydrogen-bond acceptors (Lipinski definition) is 8. The number of esters is 2. The molecule has 0 saturated carbocycles. The molecule has 0 N–H and O–H groups in total. The Kier molecular flexibility index (Phi) is 11.8. The van der Waals surface area contributed by atoms with Crippen LogP contribution in [0.3, 0.4) is 0 Å². The van der Waals surface area contributed by atoms with Crippen LogP contribution in [0.1, 0.15) is 70.4 Å². The van der Waals surface area contributed by atoms with Crippen LogP contribution in [0.4, 0.5) is 11.4 Å². The lowest BCUT2D eigenvalue weighted by atomic mass is 10.0. The molecule has 0 unspecified atom stereocenters. The number of carbonyl (C=O) groups is 2. The molecule has 10 heteroatoms. The Balaban J connectivity index is 1.22. The third-order valence-electron chi connectivity index (χ3n) is 6.34. The van der Waals surface area contributed by atoms with E-state index in [9.17, 15) is 29.8 Å². The second-order valence-corrected chi connectivity index (χ2v) is 9.32. The molecule has 0 bridgehead atoms. The molecule has 40 heavy (non-hydrogen) atoms. The Labute approximate surface area is 232 Å². The van der Waals surface area contributed by atoms with Crippen molar-refractivity contribution >= 4 is 23.3 Å². The molecule has 0 aromatic heterocycles. The van der Waals surface area contributed by atoms with Crippen LogP contribution in [0.25, 0.3) is 0 Å². The van der Waals surface area contributed by atoms with Crippen LogP contribution in [0.15, 0.2) is 72.8 Å². The van der Waals surface area contributed by atoms with Crippen molar-refractivity contribution in [3.05, 3.63) is 115 Å². The van der Waals surface area contributed by atoms with Crippen LogP contribution in [-0.2, 0) is 22.3 Å². The summed E-state index contributed by atoms with van der Waals surface area (Å²) in [6.07, 6.45) is 7.18. The first-order valence-electron chi connectivity index (χ1n) is 13.2. The second-order valence-electron chi connectivity index (χ2n) is 9.32. The molecule has 0 saturated heterocycles. The summed E-state index contributed by atoms with van der Waals surface area (Å²) in [4.78, 5) is 44.4. The van der Waals surface area contributed by atoms with E-state index in [4.69, 9.17) is 9.47 Å². The van der Waals surface area contributed by atoms with Crippen molar-refractivity contribution < 1.29 is 28.9 Å². The van der Waals surface area contributed by atoms with Crippen molar-refractivity contribution in [2.45, 2.75) is 51.4 Å². The molecule has 0 atom stereocenters. The predicted octanol–water partition coefficient (Wildman–Crippen LogP) is 6.64. The number of benzene rings is 3. The molecule has 0 heterocycles. The van der Waals surface area contributed by atoms with Gasteiger partial charge in [0.15, 0.2) is 0 Å². The van der Waals surface area contributed by atoms with Gasteiger partial charge in [-0.15, -0.1) is 0 Å². The van der Waals surface area contributed by atoms with Crippen molar-refractivity contribution in [2.75, 3.05) is 13.2 Å². The van der Waals surface area contributed by atoms with Gasteiger partial charge >= 0.3 is 11.9 Å². The maximum absolute atomic E-state index is 12.0. The Morgan fingerprint density at radius 3 is 1.20 bits per heavy atom. The maximum Gasteiger partial charge on any atom is 0.338 e. The number of unbranched alkanes of at least 4 members (excludes halogenated alkanes) is 4. The molecule has 3 aromatic rings. The number of hydrogen-bond donors (Lipinski definition) is 0. The Morgan fingerprint density at radius 1 is 0.525 bits per heavy atom. The van der Waals surface area contributed by atoms with E-state index in [1.54, 1.807) is 0 Å². The summed E-state index contributed by atoms with van der Waals surface area (Å²) >= 11 is 0. The molecule has 0 aliphatic heterocycles. The molecule has 3 rings (SSSR count). The van der Waals surface area contributed by atoms with Gasteiger partial charge in [-0.05, 0) is 86.8 Å². The highest BCUT2D eigenvalue weighted by molar-refractivity contribution is 5.90. The van der Waals surface area contributed by atoms with Crippen molar-refractivity contribution in [3.63, 3.8) is 0 Å². The number of nitro benzene ring substituents is 2. The minimum atomic E-state index is -0.512. The average Bonchev–Trinajstić information content (AvgIpc) is 2.97. The van der Waals surface area contributed by atoms with Crippen LogP contribution >= 0.6 is 0 Å². The monoisotopic (exact) mass is 548 g/mol. The number of nitro groups is 2. The predicted molar refractivity (Wildman–Crippen MR) is 148 cm³/mol. The number of nitrogens with zero attached hydrogens (tertiary/aromatic N) is 2. The molecule has 0 amide bonds. The van der Waals surface area contributed by atoms with E-state index in [1.165, 1.54) is 59.7 Å². The van der Waals surface area contributed by atoms with Gasteiger partial charge in [0.25, 0.3) is 11.4 Å². The Hall–Kier alpha value is -4.60. The van der Waals surface area contributed by atoms with Gasteiger partial charge in [0.1, 0.15) is 0 Å². The fourth-order valence-electron chi connectivity index (χ4n) is 4.02. The lowest BCUT2D eigenvalue weighted by Gasteiger charge is -2.07. The van der Waals surface area contributed by atoms with Gasteiger partial charge in [-0.3, -0.25) is 20.2 Å². The molecule has 0 aliphatic carbocycles. The highest BCUT2D eigenvalue weighted by Gasteiger charge is 2.11. The smallest absolute Gasteiger partial charge is 0.338 e. The van der Waals surface area contributed by atoms with Crippen LogP contribution in [0.5, 0.6) is 0 Å². The lowest BCUT2D eigenvalue weighted by Crippen LogP contribution is -2.06. The molecule has 3 aromatic carbocycles. The van der Waals surface area contributed by atoms with E-state index < -0.39 is 21.8 Å². The standard InChI is InChI=1S/C30H32N2O8/c33-29(25-13-17-27(18-14-25)31(35)36)39-21-5-1-3-7-23-9-11-24(12-10-23)8-4-2-6-22-40-30(34)26-15-19-28(20-16-26)32(37)38/h9-20H,1-8,21-22H2. The van der Waals surface area contributed by atoms with Crippen LogP contribution < -0.4 is 0 Å². The number of ether oxygens (including phenoxy) is 2. The second kappa shape index (κ2) is 15.7. The maximum atomic E-state index is 12.0. The number of aryl methyl sites for hydroxylation is 2. The van der Waals surface area contributed by atoms with Crippen molar-refractivity contribution in [1.82, 2.24) is 0 Å². The van der Waals surface area contributed by atoms with Gasteiger partial charge in [0.05, 0.1) is 34.2 Å². The molecule has 210 valence electrons. The highest BCUT2D eigenvalue weighted by Crippen LogP contribution is 2.15. The van der Waals surface area contributed by atoms with E-state index in [1.807, 2.05) is 0 Å². The van der Waals surface area contributed by atoms with Crippen molar-refractivity contribution in [3.8, 4) is 0 Å². The fraction of sp³-hybridized carbons (Fsp3) is 0.333. The van der Waals surface area contributed by atoms with E-state index in [2.05, 4.69) is 24.3 Å². The summed E-state index contributed by atoms with van der Waals surface area (Å²) in [6, 6.07) is 19.3. The first kappa shape index (κ1) is 29.9. The molecular formula is C30H32N2O8. The molecule has 10 nitrogen and oxygen atoms in total. The summed E-state index contributed by atoms with van der Waals surface area (Å²) < 4.78 is 10.5. The largest absolute Gasteiger partial charge is 0.462 e. The molecule has 0 aliphatic rings. The fourth-order valence-corrected chi connectivity index (χ4v) is 4.02. The van der Waals surface area contributed by atoms with Gasteiger partial charge in [-0.1, -0.05) is 24.3 Å². The summed E-state index contributed by atoms with van der Waals surface area (Å²) in [5.74, 6) is -0.956. The molecule has 0 spiro atoms. The zero-order valence-corrected chi connectivity index (χ0v) is 22.2. The zero-order valence-electron chi connectivity index (χ0n) is 22.2. The van der Waals surface area contributed by atoms with Gasteiger partial charge in [0, 0.05) is 24.3 Å². The number of rotatable bonds is 16. The summed E-state index contributed by atoms with van der Waals surface area (Å²) in [5, 5.41) is 21.4. The Morgan fingerprint density at radius 2 is 0.875 bits per heavy atom. The van der Waals surface area contributed by atoms with Gasteiger partial charge in [-0.25, -0.2) is 9.59 Å². The molecular weight excluding hydrogens is 516 g/mol. The number of carbonyl (C=O) groups excluding carboxylic acids is 2. The highest BCUT2D eigenvalue weighted by atomic mass is 16.6. The lowest BCUT2D eigenvalue weighted by molar-refractivity contribution is -0.385. The van der Waals surface area contributed by atoms with E-state index in [0.717, 1.165) is 51.4 Å². The third kappa shape index (κ3) is 9.94. The summed E-state index contributed by atoms with van der Waals surface area (Å²) in [5.41, 5.74) is 2.98. The van der Waals surface area contributed by atoms with Crippen molar-refractivity contribution in [2.24, 2.45) is 0 Å². The normalized spacial score (nSPS) is 10.6. The first-order chi connectivity index (χ1) is 19.3. The van der Waals surface area contributed by atoms with E-state index in [0.29, 0.717) is 24.3 Å². The van der Waals surface area contributed by atoms with Crippen molar-refractivity contribution in [1.29, 1.82) is 0 Å². The minimum absolute atomic E-state index is 0.0658. The minimum Gasteiger partial charge on any atom is -0.462 e. The summed E-state index contributed by atoms with van der Waals surface area (Å²) in [6.45, 7) is 0.621. The van der Waals surface area contributed by atoms with Gasteiger partial charge < -0.3 is 9.47 Å². The topological polar surface area (TPSA) is 139 Å². The SMILES string of the molecule is O=C(OCCCCCc1ccc(CCCCCOC(=O)c2ccc([N+](=O)[O-])cc2)cc1)c1ccc([N+](=O)[O-])cc1. The van der Waals surface area contributed by atoms with Crippen LogP contribution in [0.2, 0.25) is 0 Å². The van der Waals surface area contributed by atoms with Gasteiger partial charge in [-0.2, -0.15) is 0 Å². The summed E-state index contributed by atoms with van der Waals surface area (Å²) in [7, 11) is 0. The first-order valence-corrected chi connectivity index (χ1v) is 13.2.